The maximum atomic E-state index is 10.1. The molecule has 0 spiro atoms. The molecule has 9 heavy (non-hydrogen) atoms. The van der Waals surface area contributed by atoms with E-state index < -0.39 is 12.1 Å². The van der Waals surface area contributed by atoms with Gasteiger partial charge in [0.2, 0.25) is 0 Å². The first kappa shape index (κ1) is 6.51. The molecule has 52 valence electrons. The third kappa shape index (κ3) is 1.20. The highest BCUT2D eigenvalue weighted by molar-refractivity contribution is 5.73. The van der Waals surface area contributed by atoms with E-state index in [1.54, 1.807) is 0 Å². The van der Waals surface area contributed by atoms with Crippen LogP contribution in [-0.4, -0.2) is 29.8 Å². The molecule has 1 aliphatic heterocycles. The van der Waals surface area contributed by atoms with E-state index in [4.69, 9.17) is 15.6 Å². The summed E-state index contributed by atoms with van der Waals surface area (Å²) in [6, 6.07) is 0. The molecular weight excluding hydrogens is 122 g/mol. The molecule has 0 bridgehead atoms. The topological polar surface area (TPSA) is 72.6 Å². The van der Waals surface area contributed by atoms with Crippen molar-refractivity contribution in [2.75, 3.05) is 6.54 Å². The van der Waals surface area contributed by atoms with Crippen molar-refractivity contribution in [1.82, 2.24) is 0 Å². The largest absolute Gasteiger partial charge is 0.479 e. The van der Waals surface area contributed by atoms with Crippen LogP contribution >= 0.6 is 0 Å². The quantitative estimate of drug-likeness (QED) is 0.514. The fraction of sp³-hybridized carbons (Fsp3) is 0.800. The molecule has 0 aromatic heterocycles. The van der Waals surface area contributed by atoms with Gasteiger partial charge in [-0.15, -0.1) is 0 Å². The van der Waals surface area contributed by atoms with Crippen LogP contribution in [0.15, 0.2) is 0 Å². The lowest BCUT2D eigenvalue weighted by Crippen LogP contribution is -2.46. The number of nitrogens with two attached hydrogens (primary N) is 1. The van der Waals surface area contributed by atoms with Crippen molar-refractivity contribution in [3.63, 3.8) is 0 Å². The second kappa shape index (κ2) is 2.33. The molecule has 4 heteroatoms. The van der Waals surface area contributed by atoms with Crippen LogP contribution in [0.3, 0.4) is 0 Å². The number of carbonyl (C=O) groups is 1. The minimum Gasteiger partial charge on any atom is -0.479 e. The molecule has 3 N–H and O–H groups in total. The van der Waals surface area contributed by atoms with E-state index in [1.165, 1.54) is 0 Å². The first-order chi connectivity index (χ1) is 4.24. The summed E-state index contributed by atoms with van der Waals surface area (Å²) in [4.78, 5) is 10.1. The van der Waals surface area contributed by atoms with E-state index in [0.717, 1.165) is 0 Å². The van der Waals surface area contributed by atoms with Crippen LogP contribution in [-0.2, 0) is 9.53 Å². The molecule has 0 aromatic rings. The van der Waals surface area contributed by atoms with Gasteiger partial charge < -0.3 is 15.6 Å². The van der Waals surface area contributed by atoms with E-state index in [1.807, 2.05) is 0 Å². The maximum absolute atomic E-state index is 10.1. The molecular formula is C5H9NO3. The highest BCUT2D eigenvalue weighted by Crippen LogP contribution is 2.18. The Hall–Kier alpha value is -0.610. The lowest BCUT2D eigenvalue weighted by Gasteiger charge is -2.31. The minimum atomic E-state index is -0.889. The molecule has 1 fully saturated rings. The number of carboxylic acids is 1. The summed E-state index contributed by atoms with van der Waals surface area (Å²) in [5.74, 6) is -0.889. The van der Waals surface area contributed by atoms with Gasteiger partial charge in [0.05, 0.1) is 6.10 Å². The van der Waals surface area contributed by atoms with Crippen molar-refractivity contribution >= 4 is 5.97 Å². The Balaban J connectivity index is 2.19. The van der Waals surface area contributed by atoms with E-state index in [2.05, 4.69) is 0 Å². The Labute approximate surface area is 52.6 Å². The van der Waals surface area contributed by atoms with E-state index in [-0.39, 0.29) is 6.10 Å². The molecule has 2 atom stereocenters. The highest BCUT2D eigenvalue weighted by atomic mass is 16.5. The van der Waals surface area contributed by atoms with Crippen molar-refractivity contribution in [2.45, 2.75) is 18.6 Å². The average molecular weight is 131 g/mol. The maximum Gasteiger partial charge on any atom is 0.332 e. The molecule has 0 aliphatic carbocycles. The summed E-state index contributed by atoms with van der Waals surface area (Å²) in [5, 5.41) is 8.28. The highest BCUT2D eigenvalue weighted by Gasteiger charge is 2.34. The Kier molecular flexibility index (Phi) is 1.68. The van der Waals surface area contributed by atoms with Crippen molar-refractivity contribution in [3.05, 3.63) is 0 Å². The van der Waals surface area contributed by atoms with E-state index >= 15 is 0 Å². The molecule has 0 radical (unpaired) electrons. The van der Waals surface area contributed by atoms with Crippen LogP contribution in [0.2, 0.25) is 0 Å². The van der Waals surface area contributed by atoms with Gasteiger partial charge in [-0.05, 0) is 0 Å². The second-order valence-corrected chi connectivity index (χ2v) is 2.06. The van der Waals surface area contributed by atoms with Gasteiger partial charge in [0, 0.05) is 13.0 Å². The monoisotopic (exact) mass is 131 g/mol. The summed E-state index contributed by atoms with van der Waals surface area (Å²) in [7, 11) is 0. The van der Waals surface area contributed by atoms with Gasteiger partial charge in [-0.2, -0.15) is 0 Å². The molecule has 1 saturated heterocycles. The summed E-state index contributed by atoms with van der Waals surface area (Å²) in [6.45, 7) is 0.420. The summed E-state index contributed by atoms with van der Waals surface area (Å²) in [6.07, 6.45) is -0.0594. The molecule has 0 saturated carbocycles. The van der Waals surface area contributed by atoms with E-state index in [0.29, 0.717) is 13.0 Å². The van der Waals surface area contributed by atoms with Crippen molar-refractivity contribution in [3.8, 4) is 0 Å². The number of aliphatic carboxylic acids is 1. The summed E-state index contributed by atoms with van der Waals surface area (Å²) >= 11 is 0. The number of carboxylic acid groups (broad SMARTS) is 1. The normalized spacial score (nSPS) is 33.4. The molecule has 0 unspecified atom stereocenters. The van der Waals surface area contributed by atoms with Gasteiger partial charge in [0.25, 0.3) is 0 Å². The first-order valence-corrected chi connectivity index (χ1v) is 2.82. The molecule has 0 aromatic carbocycles. The van der Waals surface area contributed by atoms with Crippen LogP contribution in [0.4, 0.5) is 0 Å². The lowest BCUT2D eigenvalue weighted by molar-refractivity contribution is -0.177. The second-order valence-electron chi connectivity index (χ2n) is 2.06. The smallest absolute Gasteiger partial charge is 0.332 e. The predicted octanol–water partition coefficient (Wildman–Crippen LogP) is -0.813. The number of hydrogen-bond acceptors (Lipinski definition) is 3. The SMILES string of the molecule is NC[C@@H]1C[C@H](C(=O)O)O1. The zero-order valence-corrected chi connectivity index (χ0v) is 4.91. The van der Waals surface area contributed by atoms with Crippen LogP contribution in [0.25, 0.3) is 0 Å². The zero-order valence-electron chi connectivity index (χ0n) is 4.91. The number of ether oxygens (including phenoxy) is 1. The van der Waals surface area contributed by atoms with Crippen LogP contribution in [0.1, 0.15) is 6.42 Å². The van der Waals surface area contributed by atoms with Gasteiger partial charge >= 0.3 is 5.97 Å². The fourth-order valence-electron chi connectivity index (χ4n) is 0.771. The van der Waals surface area contributed by atoms with Crippen LogP contribution in [0, 0.1) is 0 Å². The Morgan fingerprint density at radius 1 is 1.89 bits per heavy atom. The van der Waals surface area contributed by atoms with Crippen LogP contribution < -0.4 is 5.73 Å². The number of hydrogen-bond donors (Lipinski definition) is 2. The molecule has 0 amide bonds. The Morgan fingerprint density at radius 3 is 2.78 bits per heavy atom. The third-order valence-corrected chi connectivity index (χ3v) is 1.37. The zero-order chi connectivity index (χ0) is 6.85. The van der Waals surface area contributed by atoms with Gasteiger partial charge in [0.1, 0.15) is 0 Å². The molecule has 1 rings (SSSR count). The van der Waals surface area contributed by atoms with Crippen molar-refractivity contribution in [2.24, 2.45) is 5.73 Å². The minimum absolute atomic E-state index is 0.0221. The van der Waals surface area contributed by atoms with Gasteiger partial charge in [-0.3, -0.25) is 0 Å². The Morgan fingerprint density at radius 2 is 2.44 bits per heavy atom. The standard InChI is InChI=1S/C5H9NO3/c6-2-3-1-4(9-3)5(7)8/h3-4H,1-2,6H2,(H,7,8)/t3-,4+/m0/s1. The molecule has 1 heterocycles. The Bertz CT molecular complexity index is 119. The average Bonchev–Trinajstić information content (AvgIpc) is 1.61. The van der Waals surface area contributed by atoms with Crippen LogP contribution in [0.5, 0.6) is 0 Å². The van der Waals surface area contributed by atoms with E-state index in [9.17, 15) is 4.79 Å². The van der Waals surface area contributed by atoms with Gasteiger partial charge in [-0.25, -0.2) is 4.79 Å². The predicted molar refractivity (Wildman–Crippen MR) is 30.0 cm³/mol. The fourth-order valence-corrected chi connectivity index (χ4v) is 0.771. The summed E-state index contributed by atoms with van der Waals surface area (Å²) < 4.78 is 4.83. The molecule has 1 aliphatic rings. The first-order valence-electron chi connectivity index (χ1n) is 2.82. The third-order valence-electron chi connectivity index (χ3n) is 1.37. The van der Waals surface area contributed by atoms with Crippen molar-refractivity contribution < 1.29 is 14.6 Å². The van der Waals surface area contributed by atoms with Gasteiger partial charge in [0.15, 0.2) is 6.10 Å². The lowest BCUT2D eigenvalue weighted by atomic mass is 10.1. The summed E-state index contributed by atoms with van der Waals surface area (Å²) in [5.41, 5.74) is 5.18. The molecule has 4 nitrogen and oxygen atoms in total. The van der Waals surface area contributed by atoms with Crippen molar-refractivity contribution in [1.29, 1.82) is 0 Å². The van der Waals surface area contributed by atoms with Gasteiger partial charge in [-0.1, -0.05) is 0 Å². The number of rotatable bonds is 2.